The number of nitrogens with one attached hydrogen (secondary N) is 1. The molecule has 2 nitrogen and oxygen atoms in total. The third kappa shape index (κ3) is 5.28. The lowest BCUT2D eigenvalue weighted by atomic mass is 10.1. The second-order valence-corrected chi connectivity index (χ2v) is 8.58. The predicted octanol–water partition coefficient (Wildman–Crippen LogP) is 3.65. The molecule has 0 spiro atoms. The van der Waals surface area contributed by atoms with Gasteiger partial charge in [-0.2, -0.15) is 11.8 Å². The van der Waals surface area contributed by atoms with E-state index < -0.39 is 0 Å². The minimum atomic E-state index is -0.0840. The molecule has 1 heterocycles. The fraction of sp³-hybridized carbons (Fsp3) is 0.647. The minimum Gasteiger partial charge on any atom is -0.310 e. The summed E-state index contributed by atoms with van der Waals surface area (Å²) in [4.78, 5) is 2.37. The average molecular weight is 310 g/mol. The van der Waals surface area contributed by atoms with Crippen LogP contribution in [0.5, 0.6) is 0 Å². The van der Waals surface area contributed by atoms with Crippen molar-refractivity contribution in [3.8, 4) is 0 Å². The van der Waals surface area contributed by atoms with E-state index in [1.807, 2.05) is 23.9 Å². The first kappa shape index (κ1) is 16.8. The number of halogens is 1. The molecule has 1 N–H and O–H groups in total. The Morgan fingerprint density at radius 2 is 2.14 bits per heavy atom. The van der Waals surface area contributed by atoms with Crippen LogP contribution in [-0.2, 0) is 13.1 Å². The number of rotatable bonds is 5. The highest BCUT2D eigenvalue weighted by molar-refractivity contribution is 8.00. The van der Waals surface area contributed by atoms with E-state index in [9.17, 15) is 4.39 Å². The lowest BCUT2D eigenvalue weighted by molar-refractivity contribution is 0.249. The Labute approximate surface area is 132 Å². The maximum Gasteiger partial charge on any atom is 0.127 e. The van der Waals surface area contributed by atoms with Crippen LogP contribution in [0.3, 0.4) is 0 Å². The van der Waals surface area contributed by atoms with Gasteiger partial charge in [0.2, 0.25) is 0 Å². The van der Waals surface area contributed by atoms with E-state index >= 15 is 0 Å². The number of nitrogens with zero attached hydrogens (tertiary/aromatic N) is 1. The van der Waals surface area contributed by atoms with Crippen molar-refractivity contribution in [2.75, 3.05) is 18.8 Å². The maximum atomic E-state index is 14.1. The average Bonchev–Trinajstić information content (AvgIpc) is 2.38. The van der Waals surface area contributed by atoms with Gasteiger partial charge < -0.3 is 5.32 Å². The largest absolute Gasteiger partial charge is 0.310 e. The Bertz CT molecular complexity index is 474. The van der Waals surface area contributed by atoms with E-state index in [1.165, 1.54) is 0 Å². The molecule has 0 saturated carbocycles. The summed E-state index contributed by atoms with van der Waals surface area (Å²) in [6.45, 7) is 12.4. The lowest BCUT2D eigenvalue weighted by Crippen LogP contribution is -2.42. The van der Waals surface area contributed by atoms with Crippen molar-refractivity contribution in [2.45, 2.75) is 51.6 Å². The molecule has 0 bridgehead atoms. The van der Waals surface area contributed by atoms with Crippen LogP contribution in [-0.4, -0.2) is 34.5 Å². The van der Waals surface area contributed by atoms with Gasteiger partial charge in [0.05, 0.1) is 0 Å². The second-order valence-electron chi connectivity index (χ2n) is 6.78. The molecule has 2 rings (SSSR count). The molecule has 1 aliphatic rings. The SMILES string of the molecule is CC(C)NCc1ccc(F)c(CN2CCSC(C)(C)C2)c1. The van der Waals surface area contributed by atoms with E-state index in [2.05, 4.69) is 37.9 Å². The van der Waals surface area contributed by atoms with Crippen molar-refractivity contribution in [1.82, 2.24) is 10.2 Å². The summed E-state index contributed by atoms with van der Waals surface area (Å²) in [5.41, 5.74) is 1.98. The van der Waals surface area contributed by atoms with Gasteiger partial charge in [-0.05, 0) is 25.5 Å². The van der Waals surface area contributed by atoms with Gasteiger partial charge >= 0.3 is 0 Å². The molecule has 0 unspecified atom stereocenters. The molecule has 0 aliphatic carbocycles. The van der Waals surface area contributed by atoms with Crippen LogP contribution < -0.4 is 5.32 Å². The normalized spacial score (nSPS) is 19.1. The third-order valence-electron chi connectivity index (χ3n) is 3.72. The smallest absolute Gasteiger partial charge is 0.127 e. The Balaban J connectivity index is 2.03. The Hall–Kier alpha value is -0.580. The molecule has 4 heteroatoms. The van der Waals surface area contributed by atoms with E-state index in [0.717, 1.165) is 36.5 Å². The number of thioether (sulfide) groups is 1. The van der Waals surface area contributed by atoms with Crippen molar-refractivity contribution in [1.29, 1.82) is 0 Å². The van der Waals surface area contributed by atoms with Crippen LogP contribution >= 0.6 is 11.8 Å². The minimum absolute atomic E-state index is 0.0840. The fourth-order valence-electron chi connectivity index (χ4n) is 2.67. The Morgan fingerprint density at radius 1 is 1.38 bits per heavy atom. The highest BCUT2D eigenvalue weighted by atomic mass is 32.2. The maximum absolute atomic E-state index is 14.1. The van der Waals surface area contributed by atoms with Gasteiger partial charge in [0.25, 0.3) is 0 Å². The van der Waals surface area contributed by atoms with Crippen molar-refractivity contribution >= 4 is 11.8 Å². The zero-order chi connectivity index (χ0) is 15.5. The Morgan fingerprint density at radius 3 is 2.81 bits per heavy atom. The molecular formula is C17H27FN2S. The molecule has 0 amide bonds. The first-order chi connectivity index (χ1) is 9.85. The summed E-state index contributed by atoms with van der Waals surface area (Å²) in [7, 11) is 0. The van der Waals surface area contributed by atoms with Crippen LogP contribution in [0.25, 0.3) is 0 Å². The van der Waals surface area contributed by atoms with E-state index in [0.29, 0.717) is 12.6 Å². The topological polar surface area (TPSA) is 15.3 Å². The first-order valence-electron chi connectivity index (χ1n) is 7.73. The van der Waals surface area contributed by atoms with Gasteiger partial charge in [-0.3, -0.25) is 4.90 Å². The molecule has 1 aromatic carbocycles. The summed E-state index contributed by atoms with van der Waals surface area (Å²) < 4.78 is 14.3. The van der Waals surface area contributed by atoms with Gasteiger partial charge in [-0.15, -0.1) is 0 Å². The Kier molecular flexibility index (Phi) is 5.69. The standard InChI is InChI=1S/C17H27FN2S/c1-13(2)19-10-14-5-6-16(18)15(9-14)11-20-7-8-21-17(3,4)12-20/h5-6,9,13,19H,7-8,10-12H2,1-4H3. The van der Waals surface area contributed by atoms with Crippen molar-refractivity contribution in [2.24, 2.45) is 0 Å². The van der Waals surface area contributed by atoms with Crippen molar-refractivity contribution in [3.05, 3.63) is 35.1 Å². The van der Waals surface area contributed by atoms with Crippen LogP contribution in [0.4, 0.5) is 4.39 Å². The molecule has 118 valence electrons. The molecule has 1 fully saturated rings. The van der Waals surface area contributed by atoms with Crippen LogP contribution in [0, 0.1) is 5.82 Å². The highest BCUT2D eigenvalue weighted by Crippen LogP contribution is 2.30. The zero-order valence-electron chi connectivity index (χ0n) is 13.6. The monoisotopic (exact) mass is 310 g/mol. The first-order valence-corrected chi connectivity index (χ1v) is 8.71. The quantitative estimate of drug-likeness (QED) is 0.893. The van der Waals surface area contributed by atoms with Crippen molar-refractivity contribution in [3.63, 3.8) is 0 Å². The highest BCUT2D eigenvalue weighted by Gasteiger charge is 2.27. The predicted molar refractivity (Wildman–Crippen MR) is 90.2 cm³/mol. The fourth-order valence-corrected chi connectivity index (χ4v) is 3.85. The zero-order valence-corrected chi connectivity index (χ0v) is 14.4. The van der Waals surface area contributed by atoms with Gasteiger partial charge in [0, 0.05) is 48.3 Å². The molecule has 0 aromatic heterocycles. The molecule has 1 saturated heterocycles. The van der Waals surface area contributed by atoms with E-state index in [1.54, 1.807) is 6.07 Å². The number of benzene rings is 1. The summed E-state index contributed by atoms with van der Waals surface area (Å²) in [5, 5.41) is 3.39. The molecule has 1 aliphatic heterocycles. The summed E-state index contributed by atoms with van der Waals surface area (Å²) in [6, 6.07) is 5.94. The van der Waals surface area contributed by atoms with E-state index in [4.69, 9.17) is 0 Å². The van der Waals surface area contributed by atoms with E-state index in [-0.39, 0.29) is 10.6 Å². The molecule has 1 aromatic rings. The van der Waals surface area contributed by atoms with Crippen LogP contribution in [0.1, 0.15) is 38.8 Å². The molecular weight excluding hydrogens is 283 g/mol. The summed E-state index contributed by atoms with van der Waals surface area (Å²) >= 11 is 2.01. The van der Waals surface area contributed by atoms with Gasteiger partial charge in [0.15, 0.2) is 0 Å². The lowest BCUT2D eigenvalue weighted by Gasteiger charge is -2.37. The van der Waals surface area contributed by atoms with Crippen molar-refractivity contribution < 1.29 is 4.39 Å². The van der Waals surface area contributed by atoms with Gasteiger partial charge in [0.1, 0.15) is 5.82 Å². The van der Waals surface area contributed by atoms with Crippen LogP contribution in [0.15, 0.2) is 18.2 Å². The summed E-state index contributed by atoms with van der Waals surface area (Å²) in [5.74, 6) is 1.04. The third-order valence-corrected chi connectivity index (χ3v) is 5.02. The van der Waals surface area contributed by atoms with Crippen LogP contribution in [0.2, 0.25) is 0 Å². The molecule has 21 heavy (non-hydrogen) atoms. The molecule has 0 radical (unpaired) electrons. The number of hydrogen-bond acceptors (Lipinski definition) is 3. The summed E-state index contributed by atoms with van der Waals surface area (Å²) in [6.07, 6.45) is 0. The number of hydrogen-bond donors (Lipinski definition) is 1. The molecule has 0 atom stereocenters. The second kappa shape index (κ2) is 7.12. The van der Waals surface area contributed by atoms with Gasteiger partial charge in [-0.1, -0.05) is 26.0 Å². The van der Waals surface area contributed by atoms with Gasteiger partial charge in [-0.25, -0.2) is 4.39 Å².